The predicted octanol–water partition coefficient (Wildman–Crippen LogP) is 1.88. The van der Waals surface area contributed by atoms with Crippen molar-refractivity contribution < 1.29 is 14.6 Å². The SMILES string of the molecule is CCOC(=O)C(C)N1CCC(O)c2ccccc21. The lowest BCUT2D eigenvalue weighted by Gasteiger charge is -2.36. The van der Waals surface area contributed by atoms with E-state index in [2.05, 4.69) is 0 Å². The molecule has 0 radical (unpaired) electrons. The van der Waals surface area contributed by atoms with Gasteiger partial charge in [0.25, 0.3) is 0 Å². The monoisotopic (exact) mass is 249 g/mol. The number of fused-ring (bicyclic) bond motifs is 1. The second-order valence-corrected chi connectivity index (χ2v) is 4.48. The van der Waals surface area contributed by atoms with Crippen LogP contribution in [0, 0.1) is 0 Å². The largest absolute Gasteiger partial charge is 0.464 e. The Kier molecular flexibility index (Phi) is 3.87. The van der Waals surface area contributed by atoms with Gasteiger partial charge in [0, 0.05) is 17.8 Å². The van der Waals surface area contributed by atoms with Crippen LogP contribution in [0.1, 0.15) is 31.9 Å². The van der Waals surface area contributed by atoms with Crippen LogP contribution in [0.25, 0.3) is 0 Å². The first-order valence-electron chi connectivity index (χ1n) is 6.35. The highest BCUT2D eigenvalue weighted by molar-refractivity contribution is 5.80. The van der Waals surface area contributed by atoms with E-state index in [1.807, 2.05) is 36.1 Å². The van der Waals surface area contributed by atoms with Crippen LogP contribution in [0.15, 0.2) is 24.3 Å². The molecule has 0 spiro atoms. The third-order valence-electron chi connectivity index (χ3n) is 3.34. The van der Waals surface area contributed by atoms with E-state index in [1.165, 1.54) is 0 Å². The van der Waals surface area contributed by atoms with Crippen LogP contribution >= 0.6 is 0 Å². The first-order chi connectivity index (χ1) is 8.65. The molecule has 4 nitrogen and oxygen atoms in total. The normalized spacial score (nSPS) is 20.2. The summed E-state index contributed by atoms with van der Waals surface area (Å²) in [5.41, 5.74) is 1.82. The molecule has 1 aliphatic rings. The second kappa shape index (κ2) is 5.40. The number of hydrogen-bond donors (Lipinski definition) is 1. The summed E-state index contributed by atoms with van der Waals surface area (Å²) in [5.74, 6) is -0.219. The maximum Gasteiger partial charge on any atom is 0.328 e. The number of anilines is 1. The summed E-state index contributed by atoms with van der Waals surface area (Å²) in [4.78, 5) is 13.8. The van der Waals surface area contributed by atoms with Gasteiger partial charge in [-0.05, 0) is 26.3 Å². The average Bonchev–Trinajstić information content (AvgIpc) is 2.39. The fraction of sp³-hybridized carbons (Fsp3) is 0.500. The first-order valence-corrected chi connectivity index (χ1v) is 6.35. The maximum absolute atomic E-state index is 11.8. The van der Waals surface area contributed by atoms with Gasteiger partial charge in [-0.2, -0.15) is 0 Å². The molecule has 1 N–H and O–H groups in total. The molecule has 1 aromatic carbocycles. The minimum Gasteiger partial charge on any atom is -0.464 e. The highest BCUT2D eigenvalue weighted by Gasteiger charge is 2.29. The number of carbonyl (C=O) groups is 1. The van der Waals surface area contributed by atoms with Crippen molar-refractivity contribution in [3.63, 3.8) is 0 Å². The van der Waals surface area contributed by atoms with Crippen LogP contribution < -0.4 is 4.90 Å². The van der Waals surface area contributed by atoms with E-state index < -0.39 is 6.10 Å². The van der Waals surface area contributed by atoms with Crippen LogP contribution in [-0.2, 0) is 9.53 Å². The lowest BCUT2D eigenvalue weighted by molar-refractivity contribution is -0.144. The quantitative estimate of drug-likeness (QED) is 0.831. The summed E-state index contributed by atoms with van der Waals surface area (Å²) in [7, 11) is 0. The Morgan fingerprint density at radius 2 is 2.28 bits per heavy atom. The van der Waals surface area contributed by atoms with E-state index in [4.69, 9.17) is 4.74 Å². The first kappa shape index (κ1) is 12.9. The molecule has 2 unspecified atom stereocenters. The molecule has 1 aromatic rings. The number of ether oxygens (including phenoxy) is 1. The fourth-order valence-electron chi connectivity index (χ4n) is 2.36. The summed E-state index contributed by atoms with van der Waals surface area (Å²) < 4.78 is 5.06. The average molecular weight is 249 g/mol. The summed E-state index contributed by atoms with van der Waals surface area (Å²) in [6.07, 6.45) is 0.202. The standard InChI is InChI=1S/C14H19NO3/c1-3-18-14(17)10(2)15-9-8-13(16)11-6-4-5-7-12(11)15/h4-7,10,13,16H,3,8-9H2,1-2H3. The van der Waals surface area contributed by atoms with E-state index in [-0.39, 0.29) is 12.0 Å². The van der Waals surface area contributed by atoms with E-state index in [9.17, 15) is 9.90 Å². The van der Waals surface area contributed by atoms with Gasteiger partial charge in [-0.1, -0.05) is 18.2 Å². The highest BCUT2D eigenvalue weighted by atomic mass is 16.5. The summed E-state index contributed by atoms with van der Waals surface area (Å²) in [6, 6.07) is 7.35. The van der Waals surface area contributed by atoms with Gasteiger partial charge in [0.15, 0.2) is 0 Å². The molecule has 0 aliphatic carbocycles. The van der Waals surface area contributed by atoms with E-state index in [0.717, 1.165) is 11.3 Å². The number of aliphatic hydroxyl groups is 1. The molecule has 0 saturated heterocycles. The van der Waals surface area contributed by atoms with Crippen LogP contribution in [0.2, 0.25) is 0 Å². The van der Waals surface area contributed by atoms with Crippen LogP contribution in [0.5, 0.6) is 0 Å². The topological polar surface area (TPSA) is 49.8 Å². The van der Waals surface area contributed by atoms with Crippen molar-refractivity contribution in [3.8, 4) is 0 Å². The minimum atomic E-state index is -0.438. The number of para-hydroxylation sites is 1. The van der Waals surface area contributed by atoms with Crippen molar-refractivity contribution in [2.24, 2.45) is 0 Å². The maximum atomic E-state index is 11.8. The van der Waals surface area contributed by atoms with Crippen molar-refractivity contribution in [3.05, 3.63) is 29.8 Å². The zero-order valence-electron chi connectivity index (χ0n) is 10.8. The molecule has 2 rings (SSSR count). The molecule has 4 heteroatoms. The number of hydrogen-bond acceptors (Lipinski definition) is 4. The molecule has 2 atom stereocenters. The Hall–Kier alpha value is -1.55. The van der Waals surface area contributed by atoms with Crippen molar-refractivity contribution in [2.45, 2.75) is 32.4 Å². The lowest BCUT2D eigenvalue weighted by atomic mass is 9.97. The van der Waals surface area contributed by atoms with E-state index >= 15 is 0 Å². The molecule has 1 heterocycles. The zero-order chi connectivity index (χ0) is 13.1. The van der Waals surface area contributed by atoms with Gasteiger partial charge < -0.3 is 14.7 Å². The van der Waals surface area contributed by atoms with Crippen molar-refractivity contribution in [1.29, 1.82) is 0 Å². The smallest absolute Gasteiger partial charge is 0.328 e. The van der Waals surface area contributed by atoms with E-state index in [1.54, 1.807) is 6.92 Å². The van der Waals surface area contributed by atoms with E-state index in [0.29, 0.717) is 19.6 Å². The van der Waals surface area contributed by atoms with Crippen LogP contribution in [-0.4, -0.2) is 30.3 Å². The van der Waals surface area contributed by atoms with Gasteiger partial charge in [-0.25, -0.2) is 4.79 Å². The lowest BCUT2D eigenvalue weighted by Crippen LogP contribution is -2.43. The molecule has 0 amide bonds. The Bertz CT molecular complexity index is 433. The van der Waals surface area contributed by atoms with Gasteiger partial charge in [-0.15, -0.1) is 0 Å². The van der Waals surface area contributed by atoms with Gasteiger partial charge >= 0.3 is 5.97 Å². The summed E-state index contributed by atoms with van der Waals surface area (Å²) in [5, 5.41) is 9.96. The van der Waals surface area contributed by atoms with Gasteiger partial charge in [0.05, 0.1) is 12.7 Å². The minimum absolute atomic E-state index is 0.219. The number of carbonyl (C=O) groups excluding carboxylic acids is 1. The molecule has 0 aromatic heterocycles. The van der Waals surface area contributed by atoms with Crippen LogP contribution in [0.3, 0.4) is 0 Å². The molecule has 98 valence electrons. The third-order valence-corrected chi connectivity index (χ3v) is 3.34. The number of aliphatic hydroxyl groups excluding tert-OH is 1. The Morgan fingerprint density at radius 1 is 1.56 bits per heavy atom. The van der Waals surface area contributed by atoms with Crippen molar-refractivity contribution in [1.82, 2.24) is 0 Å². The zero-order valence-corrected chi connectivity index (χ0v) is 10.8. The molecule has 1 aliphatic heterocycles. The molecule has 0 fully saturated rings. The number of benzene rings is 1. The summed E-state index contributed by atoms with van der Waals surface area (Å²) >= 11 is 0. The third kappa shape index (κ3) is 2.34. The van der Waals surface area contributed by atoms with Gasteiger partial charge in [-0.3, -0.25) is 0 Å². The van der Waals surface area contributed by atoms with Gasteiger partial charge in [0.2, 0.25) is 0 Å². The molecule has 0 saturated carbocycles. The molecular formula is C14H19NO3. The molecule has 18 heavy (non-hydrogen) atoms. The highest BCUT2D eigenvalue weighted by Crippen LogP contribution is 2.34. The Labute approximate surface area is 107 Å². The van der Waals surface area contributed by atoms with Crippen molar-refractivity contribution in [2.75, 3.05) is 18.1 Å². The Morgan fingerprint density at radius 3 is 3.00 bits per heavy atom. The molecular weight excluding hydrogens is 230 g/mol. The number of esters is 1. The summed E-state index contributed by atoms with van der Waals surface area (Å²) in [6.45, 7) is 4.70. The van der Waals surface area contributed by atoms with Crippen LogP contribution in [0.4, 0.5) is 5.69 Å². The Balaban J connectivity index is 2.25. The fourth-order valence-corrected chi connectivity index (χ4v) is 2.36. The number of nitrogens with zero attached hydrogens (tertiary/aromatic N) is 1. The van der Waals surface area contributed by atoms with Gasteiger partial charge in [0.1, 0.15) is 6.04 Å². The van der Waals surface area contributed by atoms with Crippen molar-refractivity contribution >= 4 is 11.7 Å². The predicted molar refractivity (Wildman–Crippen MR) is 69.5 cm³/mol. The second-order valence-electron chi connectivity index (χ2n) is 4.48. The number of rotatable bonds is 3. The molecule has 0 bridgehead atoms.